The molecule has 0 aromatic heterocycles. The van der Waals surface area contributed by atoms with Crippen molar-refractivity contribution >= 4 is 42.3 Å². The summed E-state index contributed by atoms with van der Waals surface area (Å²) in [5, 5.41) is 9.76. The molecule has 3 aliphatic heterocycles. The van der Waals surface area contributed by atoms with Gasteiger partial charge in [0.05, 0.1) is 12.5 Å². The van der Waals surface area contributed by atoms with Gasteiger partial charge in [-0.2, -0.15) is 0 Å². The topological polar surface area (TPSA) is 154 Å². The number of carboxylic acid groups (broad SMARTS) is 1. The molecular formula is C24H40ClN5O7. The summed E-state index contributed by atoms with van der Waals surface area (Å²) in [5.74, 6) is -2.37. The summed E-state index contributed by atoms with van der Waals surface area (Å²) in [6.45, 7) is 9.70. The highest BCUT2D eigenvalue weighted by Crippen LogP contribution is 2.36. The van der Waals surface area contributed by atoms with Crippen molar-refractivity contribution in [2.24, 2.45) is 29.4 Å². The average Bonchev–Trinajstić information content (AvgIpc) is 3.31. The number of aliphatic carboxylic acids is 1. The number of piperazine rings is 1. The number of amides is 5. The van der Waals surface area contributed by atoms with E-state index in [0.717, 1.165) is 4.90 Å². The molecule has 0 saturated carbocycles. The Bertz CT molecular complexity index is 870. The number of carbonyl (C=O) groups is 5. The molecule has 37 heavy (non-hydrogen) atoms. The summed E-state index contributed by atoms with van der Waals surface area (Å²) < 4.78 is 5.67. The minimum atomic E-state index is -1.23. The molecule has 210 valence electrons. The second kappa shape index (κ2) is 12.8. The number of nitrogens with zero attached hydrogens (tertiary/aromatic N) is 4. The summed E-state index contributed by atoms with van der Waals surface area (Å²) in [4.78, 5) is 67.7. The fourth-order valence-corrected chi connectivity index (χ4v) is 5.48. The Morgan fingerprint density at radius 3 is 2.05 bits per heavy atom. The number of β-lactam (4-membered cyclic amide) rings is 1. The average molecular weight is 546 g/mol. The standard InChI is InChI=1S/C24H39N5O7.ClH/c1-14(2)20(15(3)4)36-24(35)27-9-7-26(8-10-27)23(34)29-19(22(32)33)17(21(29)31)11-16-5-6-28(13-16)18(30)12-25;/h14-17,19-20H,5-13,25H2,1-4H3,(H,32,33);1H/t16?,17-,19+;/m1./s1. The molecule has 12 nitrogen and oxygen atoms in total. The summed E-state index contributed by atoms with van der Waals surface area (Å²) in [5.41, 5.74) is 5.41. The van der Waals surface area contributed by atoms with Gasteiger partial charge in [-0.25, -0.2) is 19.3 Å². The predicted molar refractivity (Wildman–Crippen MR) is 136 cm³/mol. The molecule has 0 aromatic rings. The molecule has 1 unspecified atom stereocenters. The first-order valence-electron chi connectivity index (χ1n) is 12.7. The molecule has 0 radical (unpaired) electrons. The van der Waals surface area contributed by atoms with Gasteiger partial charge in [0.1, 0.15) is 6.10 Å². The Morgan fingerprint density at radius 1 is 0.973 bits per heavy atom. The fraction of sp³-hybridized carbons (Fsp3) is 0.792. The SMILES string of the molecule is CC(C)C(OC(=O)N1CCN(C(=O)N2C(=O)[C@H](CC3CCN(C(=O)CN)C3)[C@H]2C(=O)O)CC1)C(C)C.Cl. The van der Waals surface area contributed by atoms with Crippen LogP contribution in [0.2, 0.25) is 0 Å². The summed E-state index contributed by atoms with van der Waals surface area (Å²) in [6.07, 6.45) is 0.323. The number of urea groups is 1. The number of carbonyl (C=O) groups excluding carboxylic acids is 4. The summed E-state index contributed by atoms with van der Waals surface area (Å²) >= 11 is 0. The molecule has 13 heteroatoms. The van der Waals surface area contributed by atoms with Crippen LogP contribution in [0.3, 0.4) is 0 Å². The molecule has 5 amide bonds. The van der Waals surface area contributed by atoms with Crippen molar-refractivity contribution in [3.8, 4) is 0 Å². The maximum atomic E-state index is 13.1. The van der Waals surface area contributed by atoms with E-state index in [-0.39, 0.29) is 74.9 Å². The molecule has 3 atom stereocenters. The minimum Gasteiger partial charge on any atom is -0.480 e. The van der Waals surface area contributed by atoms with E-state index in [9.17, 15) is 29.1 Å². The van der Waals surface area contributed by atoms with Crippen LogP contribution in [0.15, 0.2) is 0 Å². The van der Waals surface area contributed by atoms with Crippen LogP contribution < -0.4 is 5.73 Å². The van der Waals surface area contributed by atoms with Crippen LogP contribution in [0.1, 0.15) is 40.5 Å². The second-order valence-electron chi connectivity index (χ2n) is 10.6. The van der Waals surface area contributed by atoms with Crippen molar-refractivity contribution in [2.75, 3.05) is 45.8 Å². The van der Waals surface area contributed by atoms with Gasteiger partial charge in [0.2, 0.25) is 11.8 Å². The zero-order chi connectivity index (χ0) is 26.7. The largest absolute Gasteiger partial charge is 0.480 e. The van der Waals surface area contributed by atoms with Crippen molar-refractivity contribution in [1.82, 2.24) is 19.6 Å². The van der Waals surface area contributed by atoms with Crippen LogP contribution in [0.4, 0.5) is 9.59 Å². The molecule has 3 aliphatic rings. The Balaban J connectivity index is 0.00000481. The summed E-state index contributed by atoms with van der Waals surface area (Å²) in [6, 6.07) is -1.88. The van der Waals surface area contributed by atoms with Gasteiger partial charge in [-0.3, -0.25) is 9.59 Å². The highest BCUT2D eigenvalue weighted by molar-refractivity contribution is 6.07. The summed E-state index contributed by atoms with van der Waals surface area (Å²) in [7, 11) is 0. The van der Waals surface area contributed by atoms with Crippen LogP contribution in [-0.2, 0) is 19.1 Å². The lowest BCUT2D eigenvalue weighted by Crippen LogP contribution is -2.69. The number of nitrogens with two attached hydrogens (primary N) is 1. The lowest BCUT2D eigenvalue weighted by Gasteiger charge is -2.46. The number of carboxylic acids is 1. The first kappa shape index (κ1) is 30.6. The van der Waals surface area contributed by atoms with Gasteiger partial charge in [0.25, 0.3) is 0 Å². The number of halogens is 1. The normalized spacial score (nSPS) is 23.9. The third kappa shape index (κ3) is 6.64. The van der Waals surface area contributed by atoms with Crippen LogP contribution in [0.25, 0.3) is 0 Å². The predicted octanol–water partition coefficient (Wildman–Crippen LogP) is 1.07. The molecule has 3 heterocycles. The van der Waals surface area contributed by atoms with E-state index in [1.165, 1.54) is 9.80 Å². The highest BCUT2D eigenvalue weighted by Gasteiger charge is 2.56. The Kier molecular flexibility index (Phi) is 10.6. The van der Waals surface area contributed by atoms with Crippen molar-refractivity contribution in [3.05, 3.63) is 0 Å². The number of imide groups is 1. The number of hydrogen-bond donors (Lipinski definition) is 2. The van der Waals surface area contributed by atoms with E-state index in [0.29, 0.717) is 25.9 Å². The van der Waals surface area contributed by atoms with E-state index < -0.39 is 36.0 Å². The Labute approximate surface area is 223 Å². The number of hydrogen-bond acceptors (Lipinski definition) is 7. The Hall–Kier alpha value is -2.60. The van der Waals surface area contributed by atoms with Gasteiger partial charge in [-0.1, -0.05) is 27.7 Å². The van der Waals surface area contributed by atoms with E-state index in [2.05, 4.69) is 0 Å². The molecular weight excluding hydrogens is 506 g/mol. The lowest BCUT2D eigenvalue weighted by atomic mass is 9.80. The molecule has 0 aromatic carbocycles. The van der Waals surface area contributed by atoms with Gasteiger partial charge >= 0.3 is 18.1 Å². The van der Waals surface area contributed by atoms with E-state index in [1.807, 2.05) is 27.7 Å². The van der Waals surface area contributed by atoms with Gasteiger partial charge < -0.3 is 30.3 Å². The molecule has 3 fully saturated rings. The first-order chi connectivity index (χ1) is 17.0. The van der Waals surface area contributed by atoms with Crippen LogP contribution in [0, 0.1) is 23.7 Å². The number of likely N-dealkylation sites (tertiary alicyclic amines) is 2. The smallest absolute Gasteiger partial charge is 0.410 e. The molecule has 3 rings (SSSR count). The van der Waals surface area contributed by atoms with Crippen molar-refractivity contribution in [3.63, 3.8) is 0 Å². The second-order valence-corrected chi connectivity index (χ2v) is 10.6. The number of rotatable bonds is 7. The van der Waals surface area contributed by atoms with Crippen LogP contribution >= 0.6 is 12.4 Å². The van der Waals surface area contributed by atoms with E-state index in [1.54, 1.807) is 4.90 Å². The van der Waals surface area contributed by atoms with Gasteiger partial charge in [0, 0.05) is 39.3 Å². The van der Waals surface area contributed by atoms with E-state index in [4.69, 9.17) is 10.5 Å². The fourth-order valence-electron chi connectivity index (χ4n) is 5.48. The van der Waals surface area contributed by atoms with Crippen molar-refractivity contribution < 1.29 is 33.8 Å². The monoisotopic (exact) mass is 545 g/mol. The zero-order valence-electron chi connectivity index (χ0n) is 22.0. The molecule has 0 bridgehead atoms. The molecule has 0 spiro atoms. The van der Waals surface area contributed by atoms with Gasteiger partial charge in [0.15, 0.2) is 6.04 Å². The maximum Gasteiger partial charge on any atom is 0.410 e. The van der Waals surface area contributed by atoms with Crippen LogP contribution in [-0.4, -0.2) is 113 Å². The highest BCUT2D eigenvalue weighted by atomic mass is 35.5. The third-order valence-electron chi connectivity index (χ3n) is 7.43. The lowest BCUT2D eigenvalue weighted by molar-refractivity contribution is -0.167. The molecule has 0 aliphatic carbocycles. The third-order valence-corrected chi connectivity index (χ3v) is 7.43. The zero-order valence-corrected chi connectivity index (χ0v) is 22.8. The van der Waals surface area contributed by atoms with Crippen LogP contribution in [0.5, 0.6) is 0 Å². The molecule has 3 N–H and O–H groups in total. The maximum absolute atomic E-state index is 13.1. The van der Waals surface area contributed by atoms with E-state index >= 15 is 0 Å². The van der Waals surface area contributed by atoms with Gasteiger partial charge in [-0.05, 0) is 30.6 Å². The van der Waals surface area contributed by atoms with Crippen molar-refractivity contribution in [2.45, 2.75) is 52.7 Å². The minimum absolute atomic E-state index is 0. The quantitative estimate of drug-likeness (QED) is 0.450. The Morgan fingerprint density at radius 2 is 1.54 bits per heavy atom. The van der Waals surface area contributed by atoms with Crippen molar-refractivity contribution in [1.29, 1.82) is 0 Å². The molecule has 3 saturated heterocycles. The number of ether oxygens (including phenoxy) is 1. The van der Waals surface area contributed by atoms with Gasteiger partial charge in [-0.15, -0.1) is 12.4 Å². The first-order valence-corrected chi connectivity index (χ1v) is 12.7.